The molecule has 1 aromatic heterocycles. The fourth-order valence-electron chi connectivity index (χ4n) is 1.73. The Balaban J connectivity index is 2.06. The van der Waals surface area contributed by atoms with E-state index in [2.05, 4.69) is 30.9 Å². The third-order valence-electron chi connectivity index (χ3n) is 3.11. The topological polar surface area (TPSA) is 74.2 Å². The molecule has 0 bridgehead atoms. The van der Waals surface area contributed by atoms with Crippen LogP contribution in [0.15, 0.2) is 4.52 Å². The van der Waals surface area contributed by atoms with Crippen molar-refractivity contribution < 1.29 is 9.26 Å². The van der Waals surface area contributed by atoms with Crippen LogP contribution in [0.5, 0.6) is 0 Å². The van der Waals surface area contributed by atoms with E-state index in [4.69, 9.17) is 15.0 Å². The van der Waals surface area contributed by atoms with E-state index in [1.807, 2.05) is 6.92 Å². The molecule has 6 heteroatoms. The number of rotatable bonds is 3. The van der Waals surface area contributed by atoms with Gasteiger partial charge in [0.1, 0.15) is 0 Å². The van der Waals surface area contributed by atoms with Gasteiger partial charge in [0, 0.05) is 10.8 Å². The minimum Gasteiger partial charge on any atom is -0.379 e. The maximum Gasteiger partial charge on any atom is 0.236 e. The van der Waals surface area contributed by atoms with E-state index in [0.29, 0.717) is 19.1 Å². The number of ether oxygens (including phenoxy) is 1. The van der Waals surface area contributed by atoms with E-state index >= 15 is 0 Å². The number of nitrogens with zero attached hydrogens (tertiary/aromatic N) is 2. The summed E-state index contributed by atoms with van der Waals surface area (Å²) in [5.74, 6) is 2.07. The van der Waals surface area contributed by atoms with Gasteiger partial charge < -0.3 is 15.0 Å². The van der Waals surface area contributed by atoms with Gasteiger partial charge in [-0.25, -0.2) is 0 Å². The molecule has 1 aliphatic heterocycles. The standard InChI is InChI=1S/C12H21N3O2S/c1-11(2,3)18-6-9-14-10(17-15-9)12(4)7-16-5-8(12)13/h8H,5-7,13H2,1-4H3. The highest BCUT2D eigenvalue weighted by Crippen LogP contribution is 2.32. The van der Waals surface area contributed by atoms with Crippen LogP contribution < -0.4 is 5.73 Å². The molecular formula is C12H21N3O2S. The lowest BCUT2D eigenvalue weighted by Gasteiger charge is -2.21. The first kappa shape index (κ1) is 13.8. The van der Waals surface area contributed by atoms with Crippen LogP contribution in [0.3, 0.4) is 0 Å². The van der Waals surface area contributed by atoms with Gasteiger partial charge in [0.05, 0.1) is 24.4 Å². The van der Waals surface area contributed by atoms with E-state index in [1.165, 1.54) is 0 Å². The Bertz CT molecular complexity index is 416. The molecule has 2 heterocycles. The van der Waals surface area contributed by atoms with E-state index in [1.54, 1.807) is 11.8 Å². The SMILES string of the molecule is CC(C)(C)SCc1noc(C2(C)COCC2N)n1. The molecule has 2 N–H and O–H groups in total. The Morgan fingerprint density at radius 1 is 1.50 bits per heavy atom. The summed E-state index contributed by atoms with van der Waals surface area (Å²) >= 11 is 1.79. The molecule has 2 rings (SSSR count). The zero-order valence-corrected chi connectivity index (χ0v) is 12.2. The molecule has 0 spiro atoms. The second kappa shape index (κ2) is 4.83. The van der Waals surface area contributed by atoms with Crippen LogP contribution in [-0.4, -0.2) is 34.1 Å². The van der Waals surface area contributed by atoms with Gasteiger partial charge >= 0.3 is 0 Å². The highest BCUT2D eigenvalue weighted by atomic mass is 32.2. The van der Waals surface area contributed by atoms with Gasteiger partial charge in [-0.2, -0.15) is 4.98 Å². The van der Waals surface area contributed by atoms with Crippen LogP contribution in [0.2, 0.25) is 0 Å². The van der Waals surface area contributed by atoms with Crippen molar-refractivity contribution in [1.82, 2.24) is 10.1 Å². The van der Waals surface area contributed by atoms with E-state index < -0.39 is 0 Å². The second-order valence-electron chi connectivity index (χ2n) is 5.96. The van der Waals surface area contributed by atoms with Crippen molar-refractivity contribution in [3.05, 3.63) is 11.7 Å². The van der Waals surface area contributed by atoms with Crippen LogP contribution >= 0.6 is 11.8 Å². The van der Waals surface area contributed by atoms with Crippen molar-refractivity contribution in [1.29, 1.82) is 0 Å². The smallest absolute Gasteiger partial charge is 0.236 e. The number of hydrogen-bond donors (Lipinski definition) is 1. The van der Waals surface area contributed by atoms with Gasteiger partial charge in [0.25, 0.3) is 0 Å². The maximum atomic E-state index is 6.04. The van der Waals surface area contributed by atoms with E-state index in [9.17, 15) is 0 Å². The molecule has 0 aliphatic carbocycles. The third-order valence-corrected chi connectivity index (χ3v) is 4.38. The highest BCUT2D eigenvalue weighted by Gasteiger charge is 2.44. The number of hydrogen-bond acceptors (Lipinski definition) is 6. The average molecular weight is 271 g/mol. The molecule has 0 radical (unpaired) electrons. The second-order valence-corrected chi connectivity index (χ2v) is 7.76. The van der Waals surface area contributed by atoms with Crippen molar-refractivity contribution in [2.24, 2.45) is 5.73 Å². The Hall–Kier alpha value is -0.590. The van der Waals surface area contributed by atoms with E-state index in [0.717, 1.165) is 11.6 Å². The van der Waals surface area contributed by atoms with Crippen molar-refractivity contribution in [3.63, 3.8) is 0 Å². The molecule has 102 valence electrons. The van der Waals surface area contributed by atoms with E-state index in [-0.39, 0.29) is 16.2 Å². The number of nitrogens with two attached hydrogens (primary N) is 1. The predicted molar refractivity (Wildman–Crippen MR) is 71.5 cm³/mol. The van der Waals surface area contributed by atoms with Gasteiger partial charge in [0.2, 0.25) is 5.89 Å². The molecule has 18 heavy (non-hydrogen) atoms. The molecule has 5 nitrogen and oxygen atoms in total. The number of aromatic nitrogens is 2. The lowest BCUT2D eigenvalue weighted by atomic mass is 9.86. The molecule has 0 saturated carbocycles. The van der Waals surface area contributed by atoms with Gasteiger partial charge in [-0.3, -0.25) is 0 Å². The third kappa shape index (κ3) is 2.87. The van der Waals surface area contributed by atoms with Crippen molar-refractivity contribution >= 4 is 11.8 Å². The molecule has 0 aromatic carbocycles. The van der Waals surface area contributed by atoms with Gasteiger partial charge in [-0.05, 0) is 6.92 Å². The Morgan fingerprint density at radius 3 is 2.78 bits per heavy atom. The molecule has 2 unspecified atom stereocenters. The van der Waals surface area contributed by atoms with Crippen molar-refractivity contribution in [2.45, 2.75) is 49.7 Å². The summed E-state index contributed by atoms with van der Waals surface area (Å²) < 4.78 is 10.9. The van der Waals surface area contributed by atoms with Crippen molar-refractivity contribution in [2.75, 3.05) is 13.2 Å². The minimum absolute atomic E-state index is 0.0823. The quantitative estimate of drug-likeness (QED) is 0.902. The minimum atomic E-state index is -0.350. The van der Waals surface area contributed by atoms with Crippen molar-refractivity contribution in [3.8, 4) is 0 Å². The summed E-state index contributed by atoms with van der Waals surface area (Å²) in [5, 5.41) is 4.03. The lowest BCUT2D eigenvalue weighted by Crippen LogP contribution is -2.42. The zero-order valence-electron chi connectivity index (χ0n) is 11.4. The fraction of sp³-hybridized carbons (Fsp3) is 0.833. The largest absolute Gasteiger partial charge is 0.379 e. The molecule has 1 aliphatic rings. The molecule has 0 amide bonds. The predicted octanol–water partition coefficient (Wildman–Crippen LogP) is 1.72. The highest BCUT2D eigenvalue weighted by molar-refractivity contribution is 7.99. The molecule has 1 fully saturated rings. The van der Waals surface area contributed by atoms with Crippen LogP contribution in [0.4, 0.5) is 0 Å². The Kier molecular flexibility index (Phi) is 3.71. The summed E-state index contributed by atoms with van der Waals surface area (Å²) in [4.78, 5) is 4.46. The maximum absolute atomic E-state index is 6.04. The lowest BCUT2D eigenvalue weighted by molar-refractivity contribution is 0.169. The zero-order chi connectivity index (χ0) is 13.4. The summed E-state index contributed by atoms with van der Waals surface area (Å²) in [5.41, 5.74) is 5.69. The van der Waals surface area contributed by atoms with Gasteiger partial charge in [0.15, 0.2) is 5.82 Å². The fourth-order valence-corrected chi connectivity index (χ4v) is 2.41. The first-order valence-electron chi connectivity index (χ1n) is 6.12. The molecule has 1 saturated heterocycles. The summed E-state index contributed by atoms with van der Waals surface area (Å²) in [7, 11) is 0. The normalized spacial score (nSPS) is 28.8. The molecule has 1 aromatic rings. The van der Waals surface area contributed by atoms with Crippen LogP contribution in [0.25, 0.3) is 0 Å². The summed E-state index contributed by atoms with van der Waals surface area (Å²) in [6, 6.07) is -0.0823. The Morgan fingerprint density at radius 2 is 2.22 bits per heavy atom. The monoisotopic (exact) mass is 271 g/mol. The number of thioether (sulfide) groups is 1. The summed E-state index contributed by atoms with van der Waals surface area (Å²) in [6.45, 7) is 9.61. The van der Waals surface area contributed by atoms with Gasteiger partial charge in [-0.1, -0.05) is 25.9 Å². The summed E-state index contributed by atoms with van der Waals surface area (Å²) in [6.07, 6.45) is 0. The molecular weight excluding hydrogens is 250 g/mol. The average Bonchev–Trinajstić information content (AvgIpc) is 2.84. The Labute approximate surface area is 112 Å². The van der Waals surface area contributed by atoms with Gasteiger partial charge in [-0.15, -0.1) is 11.8 Å². The first-order chi connectivity index (χ1) is 8.31. The van der Waals surface area contributed by atoms with Crippen LogP contribution in [0, 0.1) is 0 Å². The first-order valence-corrected chi connectivity index (χ1v) is 7.10. The van der Waals surface area contributed by atoms with Crippen LogP contribution in [-0.2, 0) is 15.9 Å². The molecule has 2 atom stereocenters. The van der Waals surface area contributed by atoms with Crippen LogP contribution in [0.1, 0.15) is 39.4 Å².